The molecule has 0 bridgehead atoms. The van der Waals surface area contributed by atoms with E-state index in [1.54, 1.807) is 0 Å². The Balaban J connectivity index is 2.60. The molecule has 1 aliphatic rings. The highest BCUT2D eigenvalue weighted by molar-refractivity contribution is 6.44. The van der Waals surface area contributed by atoms with Gasteiger partial charge in [0.25, 0.3) is 5.69 Å². The third-order valence-corrected chi connectivity index (χ3v) is 4.28. The van der Waals surface area contributed by atoms with Crippen molar-refractivity contribution < 1.29 is 14.8 Å². The molecule has 0 aliphatic heterocycles. The molecule has 0 fully saturated rings. The molecule has 22 heavy (non-hydrogen) atoms. The Morgan fingerprint density at radius 2 is 2.09 bits per heavy atom. The lowest BCUT2D eigenvalue weighted by Gasteiger charge is -2.24. The highest BCUT2D eigenvalue weighted by atomic mass is 35.5. The lowest BCUT2D eigenvalue weighted by molar-refractivity contribution is -0.384. The number of rotatable bonds is 3. The van der Waals surface area contributed by atoms with Crippen molar-refractivity contribution in [3.8, 4) is 5.75 Å². The SMILES string of the molecule is Nc1c(O)cc([N+](=O)[O-])c(Cl)c1C(=O)C1(Cl)C=CC(Cl)=CC1. The zero-order valence-electron chi connectivity index (χ0n) is 10.8. The van der Waals surface area contributed by atoms with Crippen LogP contribution in [0.2, 0.25) is 5.02 Å². The van der Waals surface area contributed by atoms with Crippen LogP contribution in [0.15, 0.2) is 29.3 Å². The van der Waals surface area contributed by atoms with E-state index in [1.807, 2.05) is 0 Å². The number of allylic oxidation sites excluding steroid dienone is 4. The maximum absolute atomic E-state index is 12.6. The molecule has 3 N–H and O–H groups in total. The normalized spacial score (nSPS) is 20.6. The first-order chi connectivity index (χ1) is 10.2. The van der Waals surface area contributed by atoms with Gasteiger partial charge in [0.05, 0.1) is 22.2 Å². The van der Waals surface area contributed by atoms with E-state index in [0.29, 0.717) is 5.03 Å². The van der Waals surface area contributed by atoms with Crippen molar-refractivity contribution in [2.75, 3.05) is 5.73 Å². The molecule has 9 heteroatoms. The third-order valence-electron chi connectivity index (χ3n) is 3.17. The summed E-state index contributed by atoms with van der Waals surface area (Å²) < 4.78 is 0. The number of phenolic OH excluding ortho intramolecular Hbond substituents is 1. The molecular weight excluding hydrogens is 355 g/mol. The molecule has 1 aliphatic carbocycles. The fraction of sp³-hybridized carbons (Fsp3) is 0.154. The molecule has 0 spiro atoms. The minimum absolute atomic E-state index is 0.0575. The van der Waals surface area contributed by atoms with Crippen LogP contribution < -0.4 is 5.73 Å². The summed E-state index contributed by atoms with van der Waals surface area (Å²) in [5, 5.41) is 20.6. The van der Waals surface area contributed by atoms with E-state index in [4.69, 9.17) is 40.5 Å². The van der Waals surface area contributed by atoms with Gasteiger partial charge in [0.2, 0.25) is 0 Å². The summed E-state index contributed by atoms with van der Waals surface area (Å²) in [6.07, 6.45) is 4.36. The van der Waals surface area contributed by atoms with Crippen LogP contribution in [-0.4, -0.2) is 20.7 Å². The number of phenols is 1. The number of nitrogens with two attached hydrogens (primary N) is 1. The number of anilines is 1. The number of nitro benzene ring substituents is 1. The van der Waals surface area contributed by atoms with Gasteiger partial charge in [0.1, 0.15) is 15.6 Å². The van der Waals surface area contributed by atoms with Crippen molar-refractivity contribution in [2.45, 2.75) is 11.3 Å². The van der Waals surface area contributed by atoms with Crippen LogP contribution in [0.1, 0.15) is 16.8 Å². The number of Topliss-reactive ketones (excluding diaryl/α,β-unsaturated/α-hetero) is 1. The quantitative estimate of drug-likeness (QED) is 0.212. The van der Waals surface area contributed by atoms with E-state index in [-0.39, 0.29) is 17.7 Å². The molecule has 1 aromatic carbocycles. The first-order valence-corrected chi connectivity index (χ1v) is 7.04. The summed E-state index contributed by atoms with van der Waals surface area (Å²) in [4.78, 5) is 21.2. The summed E-state index contributed by atoms with van der Waals surface area (Å²) in [7, 11) is 0. The Hall–Kier alpha value is -1.76. The van der Waals surface area contributed by atoms with Gasteiger partial charge in [0, 0.05) is 5.03 Å². The van der Waals surface area contributed by atoms with Gasteiger partial charge >= 0.3 is 0 Å². The minimum atomic E-state index is -1.53. The average Bonchev–Trinajstić information content (AvgIpc) is 2.46. The van der Waals surface area contributed by atoms with Crippen molar-refractivity contribution in [1.82, 2.24) is 0 Å². The number of hydrogen-bond acceptors (Lipinski definition) is 5. The van der Waals surface area contributed by atoms with Gasteiger partial charge < -0.3 is 10.8 Å². The fourth-order valence-corrected chi connectivity index (χ4v) is 2.66. The number of hydrogen-bond donors (Lipinski definition) is 2. The van der Waals surface area contributed by atoms with Crippen LogP contribution in [0.3, 0.4) is 0 Å². The maximum Gasteiger partial charge on any atom is 0.292 e. The number of nitro groups is 1. The number of carbonyl (C=O) groups excluding carboxylic acids is 1. The second-order valence-corrected chi connectivity index (χ2v) is 6.08. The highest BCUT2D eigenvalue weighted by Crippen LogP contribution is 2.42. The Labute approximate surface area is 139 Å². The molecular formula is C13H9Cl3N2O4. The largest absolute Gasteiger partial charge is 0.505 e. The molecule has 0 amide bonds. The van der Waals surface area contributed by atoms with Gasteiger partial charge in [-0.2, -0.15) is 0 Å². The number of benzene rings is 1. The Bertz CT molecular complexity index is 745. The molecule has 0 heterocycles. The molecule has 1 aromatic rings. The van der Waals surface area contributed by atoms with Crippen LogP contribution >= 0.6 is 34.8 Å². The van der Waals surface area contributed by atoms with Crippen molar-refractivity contribution in [3.63, 3.8) is 0 Å². The number of carbonyl (C=O) groups is 1. The number of nitrogen functional groups attached to an aromatic ring is 1. The number of alkyl halides is 1. The van der Waals surface area contributed by atoms with Crippen LogP contribution in [0.5, 0.6) is 5.75 Å². The van der Waals surface area contributed by atoms with E-state index < -0.39 is 32.0 Å². The van der Waals surface area contributed by atoms with Gasteiger partial charge in [-0.3, -0.25) is 14.9 Å². The summed E-state index contributed by atoms with van der Waals surface area (Å²) in [5.74, 6) is -1.37. The van der Waals surface area contributed by atoms with Crippen molar-refractivity contribution in [2.24, 2.45) is 0 Å². The first-order valence-electron chi connectivity index (χ1n) is 5.91. The number of nitrogens with zero attached hydrogens (tertiary/aromatic N) is 1. The van der Waals surface area contributed by atoms with Gasteiger partial charge in [-0.05, 0) is 12.5 Å². The summed E-state index contributed by atoms with van der Waals surface area (Å²) in [6, 6.07) is 0.781. The van der Waals surface area contributed by atoms with E-state index >= 15 is 0 Å². The highest BCUT2D eigenvalue weighted by Gasteiger charge is 2.39. The van der Waals surface area contributed by atoms with Crippen LogP contribution in [0.4, 0.5) is 11.4 Å². The van der Waals surface area contributed by atoms with Gasteiger partial charge in [-0.1, -0.05) is 35.4 Å². The molecule has 0 aromatic heterocycles. The maximum atomic E-state index is 12.6. The van der Waals surface area contributed by atoms with Crippen molar-refractivity contribution >= 4 is 52.0 Å². The zero-order chi connectivity index (χ0) is 16.7. The monoisotopic (exact) mass is 362 g/mol. The summed E-state index contributed by atoms with van der Waals surface area (Å²) in [6.45, 7) is 0. The summed E-state index contributed by atoms with van der Waals surface area (Å²) >= 11 is 17.9. The van der Waals surface area contributed by atoms with Crippen molar-refractivity contribution in [1.29, 1.82) is 0 Å². The smallest absolute Gasteiger partial charge is 0.292 e. The van der Waals surface area contributed by atoms with Crippen LogP contribution in [0, 0.1) is 10.1 Å². The van der Waals surface area contributed by atoms with Gasteiger partial charge in [0.15, 0.2) is 5.78 Å². The number of aromatic hydroxyl groups is 1. The molecule has 1 unspecified atom stereocenters. The van der Waals surface area contributed by atoms with Gasteiger partial charge in [-0.15, -0.1) is 11.6 Å². The Kier molecular flexibility index (Phi) is 4.37. The Morgan fingerprint density at radius 3 is 2.59 bits per heavy atom. The second-order valence-electron chi connectivity index (χ2n) is 4.59. The Morgan fingerprint density at radius 1 is 1.45 bits per heavy atom. The number of ketones is 1. The van der Waals surface area contributed by atoms with Crippen LogP contribution in [-0.2, 0) is 0 Å². The third kappa shape index (κ3) is 2.77. The van der Waals surface area contributed by atoms with E-state index in [1.165, 1.54) is 18.2 Å². The van der Waals surface area contributed by atoms with Crippen LogP contribution in [0.25, 0.3) is 0 Å². The predicted molar refractivity (Wildman–Crippen MR) is 84.8 cm³/mol. The van der Waals surface area contributed by atoms with E-state index in [0.717, 1.165) is 6.07 Å². The van der Waals surface area contributed by atoms with E-state index in [2.05, 4.69) is 0 Å². The fourth-order valence-electron chi connectivity index (χ4n) is 1.97. The lowest BCUT2D eigenvalue weighted by Crippen LogP contribution is -2.32. The molecule has 0 radical (unpaired) electrons. The first kappa shape index (κ1) is 16.6. The summed E-state index contributed by atoms with van der Waals surface area (Å²) in [5.41, 5.74) is 4.25. The van der Waals surface area contributed by atoms with Crippen molar-refractivity contribution in [3.05, 3.63) is 50.0 Å². The molecule has 6 nitrogen and oxygen atoms in total. The molecule has 2 rings (SSSR count). The lowest BCUT2D eigenvalue weighted by atomic mass is 9.89. The predicted octanol–water partition coefficient (Wildman–Crippen LogP) is 3.78. The molecule has 116 valence electrons. The second kappa shape index (κ2) is 5.79. The topological polar surface area (TPSA) is 106 Å². The molecule has 1 atom stereocenters. The zero-order valence-corrected chi connectivity index (χ0v) is 13.1. The standard InChI is InChI=1S/C13H9Cl3N2O4/c14-6-1-3-13(16,4-2-6)12(20)9-10(15)7(18(21)22)5-8(19)11(9)17/h1-3,5,19H,4,17H2. The minimum Gasteiger partial charge on any atom is -0.505 e. The molecule has 0 saturated heterocycles. The van der Waals surface area contributed by atoms with Gasteiger partial charge in [-0.25, -0.2) is 0 Å². The van der Waals surface area contributed by atoms with E-state index in [9.17, 15) is 20.0 Å². The molecule has 0 saturated carbocycles. The average molecular weight is 364 g/mol. The number of halogens is 3.